The molecule has 0 bridgehead atoms. The third kappa shape index (κ3) is 37.2. The number of hydrogen-bond donors (Lipinski definition) is 1. The number of halogens is 10. The normalized spacial score (nSPS) is 11.6. The van der Waals surface area contributed by atoms with Crippen molar-refractivity contribution in [3.8, 4) is 0 Å². The number of rotatable bonds is 10. The average Bonchev–Trinajstić information content (AvgIpc) is 3.68. The van der Waals surface area contributed by atoms with E-state index >= 15 is 0 Å². The van der Waals surface area contributed by atoms with Crippen LogP contribution >= 0.6 is 33.0 Å². The van der Waals surface area contributed by atoms with Crippen molar-refractivity contribution in [3.63, 3.8) is 0 Å². The number of aromatic nitrogens is 6. The number of nitrogens with zero attached hydrogens (tertiary/aromatic N) is 7. The maximum absolute atomic E-state index is 11.8. The molecule has 0 fully saturated rings. The van der Waals surface area contributed by atoms with Crippen molar-refractivity contribution in [2.45, 2.75) is 25.4 Å². The first-order valence-corrected chi connectivity index (χ1v) is 19.9. The lowest BCUT2D eigenvalue weighted by molar-refractivity contribution is -0.671. The molecule has 3 aromatic heterocycles. The van der Waals surface area contributed by atoms with Crippen LogP contribution in [0.1, 0.15) is 0 Å². The maximum atomic E-state index is 11.8. The van der Waals surface area contributed by atoms with Crippen molar-refractivity contribution in [2.75, 3.05) is 36.2 Å². The third-order valence-corrected chi connectivity index (χ3v) is 8.40. The molecule has 0 radical (unpaired) electrons. The van der Waals surface area contributed by atoms with Gasteiger partial charge in [-0.2, -0.15) is 26.3 Å². The Bertz CT molecular complexity index is 1620. The van der Waals surface area contributed by atoms with Gasteiger partial charge in [0.2, 0.25) is 30.8 Å². The molecule has 0 saturated carbocycles. The molecular weight excluding hydrogens is 824 g/mol. The Labute approximate surface area is 301 Å². The first-order chi connectivity index (χ1) is 21.7. The van der Waals surface area contributed by atoms with Gasteiger partial charge in [-0.25, -0.2) is 48.5 Å². The minimum Gasteiger partial charge on any atom is -1.00 e. The minimum atomic E-state index is -4.59. The topological polar surface area (TPSA) is 178 Å². The summed E-state index contributed by atoms with van der Waals surface area (Å²) in [4.78, 5) is 3.78. The molecule has 49 heavy (non-hydrogen) atoms. The summed E-state index contributed by atoms with van der Waals surface area (Å²) in [7, 11) is 4.58. The van der Waals surface area contributed by atoms with E-state index in [1.165, 1.54) is 0 Å². The summed E-state index contributed by atoms with van der Waals surface area (Å²) in [6.07, 6.45) is 6.98. The van der Waals surface area contributed by atoms with Gasteiger partial charge in [0, 0.05) is 46.7 Å². The molecule has 0 aliphatic heterocycles. The number of alkyl halides is 7. The lowest BCUT2D eigenvalue weighted by Gasteiger charge is -2.20. The van der Waals surface area contributed by atoms with Crippen LogP contribution in [0.15, 0.2) is 56.2 Å². The minimum absolute atomic E-state index is 0. The largest absolute Gasteiger partial charge is 1.00 e. The monoisotopic (exact) mass is 858 g/mol. The molecule has 14 nitrogen and oxygen atoms in total. The fourth-order valence-corrected chi connectivity index (χ4v) is 5.17. The van der Waals surface area contributed by atoms with Crippen LogP contribution in [0.2, 0.25) is 0 Å². The van der Waals surface area contributed by atoms with Crippen molar-refractivity contribution in [2.24, 2.45) is 26.9 Å². The smallest absolute Gasteiger partial charge is 0.400 e. The fourth-order valence-electron chi connectivity index (χ4n) is 2.36. The summed E-state index contributed by atoms with van der Waals surface area (Å²) < 4.78 is 142. The Morgan fingerprint density at radius 3 is 1.45 bits per heavy atom. The van der Waals surface area contributed by atoms with E-state index in [4.69, 9.17) is 33.0 Å². The second kappa shape index (κ2) is 24.3. The van der Waals surface area contributed by atoms with E-state index in [9.17, 15) is 51.6 Å². The Morgan fingerprint density at radius 1 is 0.796 bits per heavy atom. The molecule has 0 spiro atoms. The molecule has 0 aliphatic carbocycles. The number of hydrogen-bond acceptors (Lipinski definition) is 8. The van der Waals surface area contributed by atoms with Gasteiger partial charge >= 0.3 is 12.4 Å². The summed E-state index contributed by atoms with van der Waals surface area (Å²) in [5, 5.41) is 0. The summed E-state index contributed by atoms with van der Waals surface area (Å²) in [6, 6.07) is 0. The third-order valence-electron chi connectivity index (χ3n) is 4.48. The quantitative estimate of drug-likeness (QED) is 0.119. The van der Waals surface area contributed by atoms with Crippen LogP contribution in [0, 0.1) is 0 Å². The summed E-state index contributed by atoms with van der Waals surface area (Å²) in [6.45, 7) is -2.42. The van der Waals surface area contributed by atoms with Crippen LogP contribution in [0.5, 0.6) is 0 Å². The predicted molar refractivity (Wildman–Crippen MR) is 168 cm³/mol. The van der Waals surface area contributed by atoms with Gasteiger partial charge in [-0.05, 0) is 6.54 Å². The Morgan fingerprint density at radius 2 is 1.22 bits per heavy atom. The SMILES string of the molecule is C[n+]1ccn(CCS(=O)(=O)Cl)c1.C[n+]1ccn(CCS(=O)(=O)[N-]CC(F)(F)F)c1.Cn1ccnc1.NCC(F)(F)F.O=S(=O)(Cl)CCCl.[Cl-]. The van der Waals surface area contributed by atoms with Gasteiger partial charge in [-0.15, -0.1) is 11.6 Å². The average molecular weight is 861 g/mol. The summed E-state index contributed by atoms with van der Waals surface area (Å²) in [5.74, 6) is -0.580. The second-order valence-corrected chi connectivity index (χ2v) is 17.0. The van der Waals surface area contributed by atoms with E-state index in [1.54, 1.807) is 64.5 Å². The zero-order valence-corrected chi connectivity index (χ0v) is 31.5. The Kier molecular flexibility index (Phi) is 25.6. The molecule has 3 rings (SSSR count). The van der Waals surface area contributed by atoms with Crippen LogP contribution in [-0.4, -0.2) is 92.5 Å². The van der Waals surface area contributed by atoms with Crippen LogP contribution in [0.4, 0.5) is 26.3 Å². The molecule has 0 amide bonds. The van der Waals surface area contributed by atoms with E-state index < -0.39 is 59.3 Å². The van der Waals surface area contributed by atoms with Crippen LogP contribution < -0.4 is 27.3 Å². The second-order valence-electron chi connectivity index (χ2n) is 9.04. The fraction of sp³-hybridized carbons (Fsp3) is 0.591. The molecule has 2 N–H and O–H groups in total. The van der Waals surface area contributed by atoms with Gasteiger partial charge in [-0.1, -0.05) is 0 Å². The highest BCUT2D eigenvalue weighted by atomic mass is 35.7. The van der Waals surface area contributed by atoms with Crippen LogP contribution in [0.3, 0.4) is 0 Å². The predicted octanol–water partition coefficient (Wildman–Crippen LogP) is -0.815. The molecular formula is C22H36Cl4F6N8O6S3. The number of aryl methyl sites for hydroxylation is 5. The highest BCUT2D eigenvalue weighted by molar-refractivity contribution is 8.14. The number of nitrogens with two attached hydrogens (primary N) is 1. The standard InChI is InChI=1S/C8H12F3N3O2S.C6H10ClN2O2S.C4H6N2.C2H4Cl2O2S.C2H4F3N.ClH/c1-13-2-3-14(7-13)4-5-17(15,16)12-6-8(9,10)11;1-8-2-3-9(6-8)4-5-12(7,10)11;1-6-3-2-5-4-6;3-1-2-7(4,5)6;3-2(4,5)1-6;/h2-3,7H,4-6H2,1H3;2-3,6H,4-5H2,1H3;2-4H,1H3;1-2H2;1,6H2;1H/q;+1;;;;/p-1. The highest BCUT2D eigenvalue weighted by Gasteiger charge is 2.23. The van der Waals surface area contributed by atoms with Crippen LogP contribution in [0.25, 0.3) is 4.72 Å². The van der Waals surface area contributed by atoms with Gasteiger partial charge in [0.1, 0.15) is 43.6 Å². The van der Waals surface area contributed by atoms with E-state index in [1.807, 2.05) is 35.6 Å². The van der Waals surface area contributed by atoms with Crippen molar-refractivity contribution in [1.82, 2.24) is 18.7 Å². The number of imidazole rings is 3. The lowest BCUT2D eigenvalue weighted by Crippen LogP contribution is -3.00. The zero-order chi connectivity index (χ0) is 37.8. The van der Waals surface area contributed by atoms with Gasteiger partial charge < -0.3 is 27.4 Å². The van der Waals surface area contributed by atoms with Crippen molar-refractivity contribution in [3.05, 3.63) is 60.9 Å². The Hall–Kier alpha value is -1.86. The maximum Gasteiger partial charge on any atom is 0.400 e. The van der Waals surface area contributed by atoms with Crippen molar-refractivity contribution in [1.29, 1.82) is 0 Å². The van der Waals surface area contributed by atoms with E-state index in [0.717, 1.165) is 0 Å². The van der Waals surface area contributed by atoms with E-state index in [2.05, 4.69) is 15.4 Å². The molecule has 288 valence electrons. The first-order valence-electron chi connectivity index (χ1n) is 12.8. The van der Waals surface area contributed by atoms with Crippen LogP contribution in [-0.2, 0) is 62.4 Å². The summed E-state index contributed by atoms with van der Waals surface area (Å²) >= 11 is 5.02. The molecule has 0 aliphatic rings. The lowest BCUT2D eigenvalue weighted by atomic mass is 10.7. The van der Waals surface area contributed by atoms with E-state index in [0.29, 0.717) is 6.54 Å². The van der Waals surface area contributed by atoms with Gasteiger partial charge in [0.15, 0.2) is 0 Å². The molecule has 0 atom stereocenters. The molecule has 27 heteroatoms. The first kappa shape index (κ1) is 51.5. The van der Waals surface area contributed by atoms with E-state index in [-0.39, 0.29) is 36.3 Å². The molecule has 3 aromatic rings. The summed E-state index contributed by atoms with van der Waals surface area (Å²) in [5.41, 5.74) is 4.18. The zero-order valence-electron chi connectivity index (χ0n) is 26.0. The van der Waals surface area contributed by atoms with Gasteiger partial charge in [0.25, 0.3) is 0 Å². The number of sulfonamides is 1. The van der Waals surface area contributed by atoms with Gasteiger partial charge in [-0.3, -0.25) is 0 Å². The highest BCUT2D eigenvalue weighted by Crippen LogP contribution is 2.19. The van der Waals surface area contributed by atoms with Gasteiger partial charge in [0.05, 0.1) is 48.5 Å². The Balaban J connectivity index is -0.000000577. The molecule has 0 saturated heterocycles. The van der Waals surface area contributed by atoms with Crippen molar-refractivity contribution >= 4 is 61.1 Å². The molecule has 0 unspecified atom stereocenters. The van der Waals surface area contributed by atoms with Crippen molar-refractivity contribution < 1.29 is 73.1 Å². The molecule has 3 heterocycles. The molecule has 0 aromatic carbocycles.